The maximum atomic E-state index is 12.7. The molecule has 1 aromatic rings. The monoisotopic (exact) mass is 375 g/mol. The molecule has 11 heteroatoms. The van der Waals surface area contributed by atoms with E-state index in [0.717, 1.165) is 24.0 Å². The number of anilines is 1. The summed E-state index contributed by atoms with van der Waals surface area (Å²) in [5.41, 5.74) is -0.0744. The zero-order chi connectivity index (χ0) is 18.4. The Morgan fingerprint density at radius 1 is 1.25 bits per heavy atom. The Balaban J connectivity index is 2.29. The van der Waals surface area contributed by atoms with E-state index in [0.29, 0.717) is 0 Å². The van der Waals surface area contributed by atoms with E-state index in [1.165, 1.54) is 0 Å². The number of aliphatic hydroxyl groups is 1. The number of ketones is 1. The second kappa shape index (κ2) is 5.14. The molecule has 136 valence electrons. The number of amides is 1. The van der Waals surface area contributed by atoms with Gasteiger partial charge in [0.15, 0.2) is 11.9 Å². The molecule has 5 nitrogen and oxygen atoms in total. The molecule has 1 N–H and O–H groups in total. The third-order valence-electron chi connectivity index (χ3n) is 3.42. The lowest BCUT2D eigenvalue weighted by Crippen LogP contribution is -2.54. The normalized spacial score (nSPS) is 23.4. The molecule has 0 bridgehead atoms. The van der Waals surface area contributed by atoms with Crippen molar-refractivity contribution in [1.29, 1.82) is 0 Å². The first kappa shape index (κ1) is 18.6. The van der Waals surface area contributed by atoms with Gasteiger partial charge in [0.2, 0.25) is 0 Å². The number of morpholine rings is 1. The van der Waals surface area contributed by atoms with Crippen molar-refractivity contribution in [2.45, 2.75) is 24.0 Å². The van der Waals surface area contributed by atoms with Crippen molar-refractivity contribution in [1.82, 2.24) is 0 Å². The van der Waals surface area contributed by atoms with Gasteiger partial charge in [-0.05, 0) is 31.2 Å². The van der Waals surface area contributed by atoms with Crippen LogP contribution in [0.5, 0.6) is 0 Å². The molecule has 0 saturated carbocycles. The van der Waals surface area contributed by atoms with Crippen LogP contribution in [0, 0.1) is 0 Å². The molecule has 0 unspecified atom stereocenters. The lowest BCUT2D eigenvalue weighted by Gasteiger charge is -2.40. The highest BCUT2D eigenvalue weighted by molar-refractivity contribution is 8.45. The summed E-state index contributed by atoms with van der Waals surface area (Å²) in [6.45, 7) is 0.906. The smallest absolute Gasteiger partial charge is 0.310 e. The summed E-state index contributed by atoms with van der Waals surface area (Å²) >= 11 is 0. The van der Waals surface area contributed by atoms with Crippen LogP contribution >= 0.6 is 10.2 Å². The first-order valence-electron chi connectivity index (χ1n) is 6.66. The van der Waals surface area contributed by atoms with Gasteiger partial charge in [0.25, 0.3) is 5.91 Å². The molecular formula is C13H14F5NO4S. The van der Waals surface area contributed by atoms with Crippen LogP contribution in [0.4, 0.5) is 25.1 Å². The zero-order valence-corrected chi connectivity index (χ0v) is 13.1. The predicted octanol–water partition coefficient (Wildman–Crippen LogP) is 3.03. The van der Waals surface area contributed by atoms with Gasteiger partial charge in [0, 0.05) is 12.2 Å². The van der Waals surface area contributed by atoms with E-state index in [2.05, 4.69) is 0 Å². The number of aliphatic hydroxyl groups excluding tert-OH is 1. The standard InChI is InChI=1S/C13H14F5NO4S/c1-8(20)11(21)12-13(22)19(6-7-23-12)9-2-4-10(5-3-9)24(14,15,16,17)18/h2-5,11-12,21H,6-7H2,1H3/t11-,12+/m0/s1. The maximum absolute atomic E-state index is 12.7. The van der Waals surface area contributed by atoms with Crippen LogP contribution in [0.2, 0.25) is 0 Å². The third-order valence-corrected chi connectivity index (χ3v) is 4.58. The molecule has 1 aliphatic heterocycles. The number of halogens is 5. The Kier molecular flexibility index (Phi) is 3.98. The van der Waals surface area contributed by atoms with Crippen molar-refractivity contribution in [2.24, 2.45) is 0 Å². The molecule has 0 spiro atoms. The minimum atomic E-state index is -9.79. The molecular weight excluding hydrogens is 361 g/mol. The van der Waals surface area contributed by atoms with E-state index in [4.69, 9.17) is 4.74 Å². The van der Waals surface area contributed by atoms with E-state index < -0.39 is 39.0 Å². The summed E-state index contributed by atoms with van der Waals surface area (Å²) in [6.07, 6.45) is -3.21. The van der Waals surface area contributed by atoms with Crippen LogP contribution in [0.1, 0.15) is 6.92 Å². The third kappa shape index (κ3) is 3.84. The average Bonchev–Trinajstić information content (AvgIpc) is 2.44. The molecule has 0 aliphatic carbocycles. The first-order chi connectivity index (χ1) is 10.7. The summed E-state index contributed by atoms with van der Waals surface area (Å²) in [5.74, 6) is -1.56. The Morgan fingerprint density at radius 2 is 1.79 bits per heavy atom. The van der Waals surface area contributed by atoms with Crippen molar-refractivity contribution < 1.29 is 38.9 Å². The first-order valence-corrected chi connectivity index (χ1v) is 8.61. The molecule has 0 aromatic heterocycles. The van der Waals surface area contributed by atoms with Crippen LogP contribution in [0.15, 0.2) is 29.2 Å². The molecule has 1 aromatic carbocycles. The molecule has 1 heterocycles. The molecule has 24 heavy (non-hydrogen) atoms. The van der Waals surface area contributed by atoms with E-state index >= 15 is 0 Å². The fourth-order valence-electron chi connectivity index (χ4n) is 2.18. The lowest BCUT2D eigenvalue weighted by molar-refractivity contribution is -0.150. The second-order valence-corrected chi connectivity index (χ2v) is 7.71. The van der Waals surface area contributed by atoms with Gasteiger partial charge < -0.3 is 14.7 Å². The largest absolute Gasteiger partial charge is 0.382 e. The van der Waals surface area contributed by atoms with Crippen LogP contribution in [0.25, 0.3) is 0 Å². The molecule has 2 rings (SSSR count). The fraction of sp³-hybridized carbons (Fsp3) is 0.385. The Bertz CT molecular complexity index is 676. The topological polar surface area (TPSA) is 66.8 Å². The van der Waals surface area contributed by atoms with E-state index in [-0.39, 0.29) is 31.0 Å². The minimum absolute atomic E-state index is 0.0598. The Hall–Kier alpha value is -1.72. The van der Waals surface area contributed by atoms with Crippen molar-refractivity contribution in [2.75, 3.05) is 18.1 Å². The number of hydrogen-bond donors (Lipinski definition) is 1. The van der Waals surface area contributed by atoms with Crippen molar-refractivity contribution in [3.05, 3.63) is 24.3 Å². The van der Waals surface area contributed by atoms with Crippen LogP contribution in [-0.4, -0.2) is 42.2 Å². The molecule has 1 amide bonds. The van der Waals surface area contributed by atoms with Gasteiger partial charge in [-0.2, -0.15) is 0 Å². The number of nitrogens with zero attached hydrogens (tertiary/aromatic N) is 1. The van der Waals surface area contributed by atoms with E-state index in [1.807, 2.05) is 0 Å². The van der Waals surface area contributed by atoms with Gasteiger partial charge in [0.05, 0.1) is 6.61 Å². The van der Waals surface area contributed by atoms with Crippen molar-refractivity contribution in [3.63, 3.8) is 0 Å². The van der Waals surface area contributed by atoms with Crippen LogP contribution in [0.3, 0.4) is 0 Å². The molecule has 2 atom stereocenters. The molecule has 1 fully saturated rings. The quantitative estimate of drug-likeness (QED) is 0.822. The van der Waals surface area contributed by atoms with Gasteiger partial charge in [-0.15, -0.1) is 0 Å². The second-order valence-electron chi connectivity index (χ2n) is 5.30. The van der Waals surface area contributed by atoms with Gasteiger partial charge in [-0.1, -0.05) is 19.4 Å². The number of rotatable bonds is 4. The minimum Gasteiger partial charge on any atom is -0.382 e. The summed E-state index contributed by atoms with van der Waals surface area (Å²) < 4.78 is 68.4. The average molecular weight is 375 g/mol. The summed E-state index contributed by atoms with van der Waals surface area (Å²) in [7, 11) is -9.79. The zero-order valence-electron chi connectivity index (χ0n) is 12.3. The summed E-state index contributed by atoms with van der Waals surface area (Å²) in [6, 6.07) is 1.84. The SMILES string of the molecule is CC(=O)[C@H](O)[C@H]1OCCN(c2ccc(S(F)(F)(F)(F)F)cc2)C1=O. The maximum Gasteiger partial charge on any atom is 0.310 e. The van der Waals surface area contributed by atoms with E-state index in [1.54, 1.807) is 0 Å². The number of benzene rings is 1. The van der Waals surface area contributed by atoms with E-state index in [9.17, 15) is 34.1 Å². The molecule has 1 saturated heterocycles. The highest BCUT2D eigenvalue weighted by atomic mass is 32.5. The predicted molar refractivity (Wildman–Crippen MR) is 76.6 cm³/mol. The Labute approximate surface area is 133 Å². The number of carbonyl (C=O) groups is 2. The molecule has 0 radical (unpaired) electrons. The number of hydrogen-bond acceptors (Lipinski definition) is 4. The number of carbonyl (C=O) groups excluding carboxylic acids is 2. The number of Topliss-reactive ketones (excluding diaryl/α,β-unsaturated/α-hetero) is 1. The van der Waals surface area contributed by atoms with Crippen molar-refractivity contribution >= 4 is 27.6 Å². The summed E-state index contributed by atoms with van der Waals surface area (Å²) in [4.78, 5) is 22.3. The fourth-order valence-corrected chi connectivity index (χ4v) is 2.84. The van der Waals surface area contributed by atoms with Gasteiger partial charge in [0.1, 0.15) is 11.0 Å². The van der Waals surface area contributed by atoms with Gasteiger partial charge >= 0.3 is 10.2 Å². The summed E-state index contributed by atoms with van der Waals surface area (Å²) in [5, 5.41) is 9.64. The van der Waals surface area contributed by atoms with Crippen LogP contribution in [-0.2, 0) is 14.3 Å². The lowest BCUT2D eigenvalue weighted by atomic mass is 10.1. The number of ether oxygens (including phenoxy) is 1. The van der Waals surface area contributed by atoms with Gasteiger partial charge in [-0.3, -0.25) is 9.59 Å². The highest BCUT2D eigenvalue weighted by Crippen LogP contribution is 3.02. The van der Waals surface area contributed by atoms with Gasteiger partial charge in [-0.25, -0.2) is 0 Å². The highest BCUT2D eigenvalue weighted by Gasteiger charge is 2.65. The molecule has 1 aliphatic rings. The Morgan fingerprint density at radius 3 is 2.25 bits per heavy atom. The van der Waals surface area contributed by atoms with Crippen molar-refractivity contribution in [3.8, 4) is 0 Å². The van der Waals surface area contributed by atoms with Crippen LogP contribution < -0.4 is 4.90 Å².